The molecule has 1 aliphatic rings. The van der Waals surface area contributed by atoms with E-state index in [2.05, 4.69) is 32.4 Å². The van der Waals surface area contributed by atoms with Crippen molar-refractivity contribution in [2.75, 3.05) is 6.54 Å². The molecule has 0 amide bonds. The summed E-state index contributed by atoms with van der Waals surface area (Å²) >= 11 is 0. The van der Waals surface area contributed by atoms with Crippen LogP contribution in [0.1, 0.15) is 27.7 Å². The van der Waals surface area contributed by atoms with Crippen LogP contribution >= 0.6 is 0 Å². The van der Waals surface area contributed by atoms with Crippen LogP contribution in [-0.4, -0.2) is 20.1 Å². The van der Waals surface area contributed by atoms with E-state index in [1.54, 1.807) is 12.1 Å². The molecule has 5 heteroatoms. The van der Waals surface area contributed by atoms with Gasteiger partial charge in [0.1, 0.15) is 10.6 Å². The van der Waals surface area contributed by atoms with Crippen molar-refractivity contribution in [3.05, 3.63) is 24.3 Å². The van der Waals surface area contributed by atoms with Gasteiger partial charge in [-0.25, -0.2) is 13.1 Å². The lowest BCUT2D eigenvalue weighted by Gasteiger charge is -2.09. The summed E-state index contributed by atoms with van der Waals surface area (Å²) in [6.45, 7) is 8.98. The Morgan fingerprint density at radius 1 is 1.16 bits per heavy atom. The highest BCUT2D eigenvalue weighted by Crippen LogP contribution is 2.67. The van der Waals surface area contributed by atoms with Crippen molar-refractivity contribution in [3.63, 3.8) is 0 Å². The molecule has 0 unspecified atom stereocenters. The Morgan fingerprint density at radius 3 is 2.16 bits per heavy atom. The molecule has 0 bridgehead atoms. The zero-order valence-corrected chi connectivity index (χ0v) is 12.6. The molecule has 1 saturated carbocycles. The number of hydrogen-bond acceptors (Lipinski definition) is 3. The lowest BCUT2D eigenvalue weighted by Crippen LogP contribution is -2.27. The topological polar surface area (TPSA) is 66.4 Å². The van der Waals surface area contributed by atoms with E-state index in [1.165, 1.54) is 12.1 Å². The molecular formula is C14H21NO3S. The fraction of sp³-hybridized carbons (Fsp3) is 0.571. The van der Waals surface area contributed by atoms with E-state index in [9.17, 15) is 13.5 Å². The van der Waals surface area contributed by atoms with Gasteiger partial charge in [-0.2, -0.15) is 0 Å². The third-order valence-corrected chi connectivity index (χ3v) is 6.42. The van der Waals surface area contributed by atoms with Crippen LogP contribution in [0, 0.1) is 16.7 Å². The summed E-state index contributed by atoms with van der Waals surface area (Å²) in [7, 11) is -3.65. The molecule has 4 nitrogen and oxygen atoms in total. The normalized spacial score (nSPS) is 21.3. The van der Waals surface area contributed by atoms with Gasteiger partial charge in [0.05, 0.1) is 0 Å². The highest BCUT2D eigenvalue weighted by atomic mass is 32.2. The maximum atomic E-state index is 12.1. The Labute approximate surface area is 114 Å². The van der Waals surface area contributed by atoms with Crippen LogP contribution < -0.4 is 4.72 Å². The van der Waals surface area contributed by atoms with E-state index in [0.717, 1.165) is 0 Å². The molecule has 2 N–H and O–H groups in total. The smallest absolute Gasteiger partial charge is 0.244 e. The molecule has 2 rings (SSSR count). The van der Waals surface area contributed by atoms with Gasteiger partial charge in [0.15, 0.2) is 0 Å². The molecule has 0 saturated heterocycles. The number of sulfonamides is 1. The fourth-order valence-corrected chi connectivity index (χ4v) is 3.94. The monoisotopic (exact) mass is 283 g/mol. The van der Waals surface area contributed by atoms with Crippen molar-refractivity contribution in [3.8, 4) is 5.75 Å². The lowest BCUT2D eigenvalue weighted by atomic mass is 10.0. The summed E-state index contributed by atoms with van der Waals surface area (Å²) < 4.78 is 26.9. The van der Waals surface area contributed by atoms with Gasteiger partial charge in [0, 0.05) is 6.54 Å². The number of phenols is 1. The average Bonchev–Trinajstić information content (AvgIpc) is 2.67. The minimum Gasteiger partial charge on any atom is -0.507 e. The summed E-state index contributed by atoms with van der Waals surface area (Å²) in [5.41, 5.74) is 0.266. The van der Waals surface area contributed by atoms with Crippen molar-refractivity contribution in [1.82, 2.24) is 4.72 Å². The van der Waals surface area contributed by atoms with E-state index >= 15 is 0 Å². The molecule has 0 aliphatic heterocycles. The van der Waals surface area contributed by atoms with Crippen LogP contribution in [-0.2, 0) is 10.0 Å². The summed E-state index contributed by atoms with van der Waals surface area (Å²) in [6, 6.07) is 5.97. The fourth-order valence-electron chi connectivity index (χ4n) is 2.80. The third-order valence-electron chi connectivity index (χ3n) is 4.95. The predicted molar refractivity (Wildman–Crippen MR) is 74.3 cm³/mol. The van der Waals surface area contributed by atoms with Gasteiger partial charge in [-0.15, -0.1) is 0 Å². The zero-order chi connectivity index (χ0) is 14.5. The molecule has 0 atom stereocenters. The largest absolute Gasteiger partial charge is 0.507 e. The number of rotatable bonds is 4. The molecular weight excluding hydrogens is 262 g/mol. The summed E-state index contributed by atoms with van der Waals surface area (Å²) in [5, 5.41) is 9.61. The SMILES string of the molecule is CC1(C)C(CNS(=O)(=O)c2ccccc2O)C1(C)C. The maximum Gasteiger partial charge on any atom is 0.244 e. The average molecular weight is 283 g/mol. The minimum atomic E-state index is -3.65. The molecule has 0 heterocycles. The first kappa shape index (κ1) is 14.3. The minimum absolute atomic E-state index is 0.0636. The number of phenolic OH excluding ortho intramolecular Hbond substituents is 1. The maximum absolute atomic E-state index is 12.1. The van der Waals surface area contributed by atoms with E-state index in [-0.39, 0.29) is 21.5 Å². The van der Waals surface area contributed by atoms with Crippen molar-refractivity contribution in [2.24, 2.45) is 16.7 Å². The van der Waals surface area contributed by atoms with E-state index in [1.807, 2.05) is 0 Å². The second-order valence-electron chi connectivity index (χ2n) is 6.32. The third kappa shape index (κ3) is 2.25. The number of hydrogen-bond donors (Lipinski definition) is 2. The van der Waals surface area contributed by atoms with Crippen molar-refractivity contribution >= 4 is 10.0 Å². The van der Waals surface area contributed by atoms with E-state index < -0.39 is 10.0 Å². The number of aromatic hydroxyl groups is 1. The molecule has 1 aromatic carbocycles. The summed E-state index contributed by atoms with van der Waals surface area (Å²) in [6.07, 6.45) is 0. The number of benzene rings is 1. The molecule has 0 radical (unpaired) electrons. The predicted octanol–water partition coefficient (Wildman–Crippen LogP) is 2.35. The number of nitrogens with one attached hydrogen (secondary N) is 1. The zero-order valence-electron chi connectivity index (χ0n) is 11.8. The summed E-state index contributed by atoms with van der Waals surface area (Å²) in [4.78, 5) is -0.0636. The molecule has 106 valence electrons. The Kier molecular flexibility index (Phi) is 3.18. The molecule has 19 heavy (non-hydrogen) atoms. The van der Waals surface area contributed by atoms with Crippen LogP contribution in [0.5, 0.6) is 5.75 Å². The molecule has 1 fully saturated rings. The van der Waals surface area contributed by atoms with Gasteiger partial charge in [0.2, 0.25) is 10.0 Å². The van der Waals surface area contributed by atoms with Crippen LogP contribution in [0.4, 0.5) is 0 Å². The highest BCUT2D eigenvalue weighted by Gasteiger charge is 2.64. The van der Waals surface area contributed by atoms with E-state index in [0.29, 0.717) is 12.5 Å². The van der Waals surface area contributed by atoms with Crippen molar-refractivity contribution < 1.29 is 13.5 Å². The second-order valence-corrected chi connectivity index (χ2v) is 8.05. The standard InChI is InChI=1S/C14H21NO3S/c1-13(2)12(14(13,3)4)9-15-19(17,18)11-8-6-5-7-10(11)16/h5-8,12,15-16H,9H2,1-4H3. The molecule has 0 spiro atoms. The summed E-state index contributed by atoms with van der Waals surface area (Å²) in [5.74, 6) is 0.0879. The highest BCUT2D eigenvalue weighted by molar-refractivity contribution is 7.89. The van der Waals surface area contributed by atoms with Crippen LogP contribution in [0.15, 0.2) is 29.2 Å². The van der Waals surface area contributed by atoms with Crippen LogP contribution in [0.25, 0.3) is 0 Å². The Bertz CT molecular complexity index is 576. The first-order valence-corrected chi connectivity index (χ1v) is 7.86. The van der Waals surface area contributed by atoms with Crippen LogP contribution in [0.2, 0.25) is 0 Å². The van der Waals surface area contributed by atoms with Crippen molar-refractivity contribution in [2.45, 2.75) is 32.6 Å². The number of para-hydroxylation sites is 1. The second kappa shape index (κ2) is 4.21. The Balaban J connectivity index is 2.11. The molecule has 1 aromatic rings. The Hall–Kier alpha value is -1.07. The lowest BCUT2D eigenvalue weighted by molar-refractivity contribution is 0.457. The molecule has 1 aliphatic carbocycles. The van der Waals surface area contributed by atoms with E-state index in [4.69, 9.17) is 0 Å². The van der Waals surface area contributed by atoms with Gasteiger partial charge < -0.3 is 5.11 Å². The van der Waals surface area contributed by atoms with Gasteiger partial charge in [-0.3, -0.25) is 0 Å². The quantitative estimate of drug-likeness (QED) is 0.891. The van der Waals surface area contributed by atoms with Gasteiger partial charge in [-0.1, -0.05) is 39.8 Å². The van der Waals surface area contributed by atoms with Gasteiger partial charge >= 0.3 is 0 Å². The van der Waals surface area contributed by atoms with Gasteiger partial charge in [-0.05, 0) is 28.9 Å². The first-order valence-electron chi connectivity index (χ1n) is 6.38. The molecule has 0 aromatic heterocycles. The van der Waals surface area contributed by atoms with Crippen LogP contribution in [0.3, 0.4) is 0 Å². The first-order chi connectivity index (χ1) is 8.61. The van der Waals surface area contributed by atoms with Gasteiger partial charge in [0.25, 0.3) is 0 Å². The van der Waals surface area contributed by atoms with Crippen molar-refractivity contribution in [1.29, 1.82) is 0 Å². The Morgan fingerprint density at radius 2 is 1.68 bits per heavy atom.